The zero-order valence-corrected chi connectivity index (χ0v) is 16.2. The van der Waals surface area contributed by atoms with Crippen molar-refractivity contribution in [3.63, 3.8) is 0 Å². The largest absolute Gasteiger partial charge is 0.287 e. The van der Waals surface area contributed by atoms with Crippen molar-refractivity contribution < 1.29 is 0 Å². The molecule has 2 aromatic carbocycles. The molecule has 0 N–H and O–H groups in total. The fourth-order valence-electron chi connectivity index (χ4n) is 2.50. The van der Waals surface area contributed by atoms with E-state index >= 15 is 0 Å². The van der Waals surface area contributed by atoms with E-state index in [0.717, 1.165) is 0 Å². The van der Waals surface area contributed by atoms with Crippen LogP contribution in [0.25, 0.3) is 0 Å². The van der Waals surface area contributed by atoms with Crippen LogP contribution in [0.3, 0.4) is 0 Å². The first-order chi connectivity index (χ1) is 10.1. The normalized spacial score (nSPS) is 12.3. The third kappa shape index (κ3) is 4.04. The zero-order chi connectivity index (χ0) is 16.5. The van der Waals surface area contributed by atoms with Crippen LogP contribution in [0.2, 0.25) is 0 Å². The van der Waals surface area contributed by atoms with Crippen molar-refractivity contribution in [3.8, 4) is 0 Å². The van der Waals surface area contributed by atoms with Crippen LogP contribution in [-0.2, 0) is 10.8 Å². The average Bonchev–Trinajstić information content (AvgIpc) is 2.45. The minimum Gasteiger partial charge on any atom is -0.143 e. The fourth-order valence-corrected chi connectivity index (χ4v) is 3.11. The van der Waals surface area contributed by atoms with Crippen molar-refractivity contribution in [2.75, 3.05) is 0 Å². The Labute approximate surface area is 144 Å². The second-order valence-electron chi connectivity index (χ2n) is 8.11. The van der Waals surface area contributed by atoms with Crippen molar-refractivity contribution >= 4 is 32.2 Å². The van der Waals surface area contributed by atoms with Crippen molar-refractivity contribution in [1.29, 1.82) is 0 Å². The second-order valence-corrected chi connectivity index (χ2v) is 9.02. The summed E-state index contributed by atoms with van der Waals surface area (Å²) in [6, 6.07) is 17.9. The molecule has 2 rings (SSSR count). The zero-order valence-electron chi connectivity index (χ0n) is 14.6. The van der Waals surface area contributed by atoms with E-state index < -0.39 is 0 Å². The first-order valence-corrected chi connectivity index (χ1v) is 8.85. The maximum absolute atomic E-state index is 3.84. The monoisotopic (exact) mass is 356 g/mol. The van der Waals surface area contributed by atoms with Crippen molar-refractivity contribution in [2.45, 2.75) is 52.4 Å². The Morgan fingerprint density at radius 2 is 0.864 bits per heavy atom. The van der Waals surface area contributed by atoms with Gasteiger partial charge in [-0.05, 0) is 22.0 Å². The molecule has 22 heavy (non-hydrogen) atoms. The van der Waals surface area contributed by atoms with Gasteiger partial charge < -0.3 is 0 Å². The quantitative estimate of drug-likeness (QED) is 0.679. The Hall–Kier alpha value is -1.02. The molecule has 0 saturated heterocycles. The Balaban J connectivity index is 2.23. The molecule has 0 aliphatic heterocycles. The number of benzene rings is 2. The lowest BCUT2D eigenvalue weighted by molar-refractivity contribution is 0.590. The summed E-state index contributed by atoms with van der Waals surface area (Å²) >= 11 is 3.84. The summed E-state index contributed by atoms with van der Waals surface area (Å²) in [7, 11) is 0. The van der Waals surface area contributed by atoms with Gasteiger partial charge in [0.25, 0.3) is 5.54 Å². The Morgan fingerprint density at radius 1 is 0.591 bits per heavy atom. The lowest BCUT2D eigenvalue weighted by Gasteiger charge is -2.20. The van der Waals surface area contributed by atoms with Crippen LogP contribution >= 0.6 is 15.8 Å². The molecule has 0 saturated carbocycles. The number of hydrogen-bond donors (Lipinski definition) is 0. The molecule has 2 aromatic rings. The molecule has 0 aromatic heterocycles. The van der Waals surface area contributed by atoms with E-state index in [1.165, 1.54) is 22.1 Å². The first kappa shape index (κ1) is 17.3. The highest BCUT2D eigenvalue weighted by molar-refractivity contribution is 9.25. The molecule has 2 heteroatoms. The Morgan fingerprint density at radius 3 is 1.09 bits per heavy atom. The van der Waals surface area contributed by atoms with E-state index in [1.54, 1.807) is 0 Å². The second kappa shape index (κ2) is 6.24. The molecule has 0 fully saturated rings. The first-order valence-electron chi connectivity index (χ1n) is 7.94. The molecule has 116 valence electrons. The van der Waals surface area contributed by atoms with E-state index in [1.807, 2.05) is 0 Å². The van der Waals surface area contributed by atoms with Crippen molar-refractivity contribution in [1.82, 2.24) is 0 Å². The highest BCUT2D eigenvalue weighted by atomic mass is 79.9. The van der Waals surface area contributed by atoms with Gasteiger partial charge in [0.2, 0.25) is 0 Å². The van der Waals surface area contributed by atoms with E-state index in [-0.39, 0.29) is 16.4 Å². The minimum absolute atomic E-state index is 0.203. The number of hydrogen-bond acceptors (Lipinski definition) is 0. The van der Waals surface area contributed by atoms with E-state index in [0.29, 0.717) is 0 Å². The van der Waals surface area contributed by atoms with Crippen LogP contribution < -0.4 is 10.9 Å². The molecule has 0 unspecified atom stereocenters. The van der Waals surface area contributed by atoms with Crippen LogP contribution in [0, 0.1) is 0 Å². The summed E-state index contributed by atoms with van der Waals surface area (Å²) < 4.78 is 0. The summed E-state index contributed by atoms with van der Waals surface area (Å²) in [4.78, 5) is 0. The van der Waals surface area contributed by atoms with Gasteiger partial charge in [-0.25, -0.2) is 0 Å². The molecule has 0 aliphatic rings. The summed E-state index contributed by atoms with van der Waals surface area (Å²) in [6.07, 6.45) is 0. The van der Waals surface area contributed by atoms with Gasteiger partial charge in [0.15, 0.2) is 0 Å². The Kier molecular flexibility index (Phi) is 4.92. The molecule has 0 radical (unpaired) electrons. The lowest BCUT2D eigenvalue weighted by atomic mass is 9.62. The maximum atomic E-state index is 3.84. The van der Waals surface area contributed by atoms with Gasteiger partial charge in [-0.2, -0.15) is 0 Å². The summed E-state index contributed by atoms with van der Waals surface area (Å²) in [5.41, 5.74) is 6.00. The van der Waals surface area contributed by atoms with Crippen LogP contribution in [0.4, 0.5) is 0 Å². The van der Waals surface area contributed by atoms with E-state index in [9.17, 15) is 0 Å². The van der Waals surface area contributed by atoms with Gasteiger partial charge in [-0.3, -0.25) is 0 Å². The summed E-state index contributed by atoms with van der Waals surface area (Å²) in [6.45, 7) is 13.5. The van der Waals surface area contributed by atoms with Crippen molar-refractivity contribution in [3.05, 3.63) is 59.7 Å². The minimum atomic E-state index is 0.203. The fraction of sp³-hybridized carbons (Fsp3) is 0.400. The van der Waals surface area contributed by atoms with E-state index in [4.69, 9.17) is 0 Å². The standard InChI is InChI=1S/C20H26BBr/c1-19(2,3)15-7-11-17(12-8-15)21(22)18-13-9-16(10-14-18)20(4,5)6/h7-14H,1-6H3. The molecule has 0 nitrogen and oxygen atoms in total. The summed E-state index contributed by atoms with van der Waals surface area (Å²) in [5, 5.41) is 0. The Bertz CT molecular complexity index is 555. The highest BCUT2D eigenvalue weighted by Gasteiger charge is 2.19. The third-order valence-corrected chi connectivity index (χ3v) is 5.20. The molecular formula is C20H26BBr. The molecule has 0 aliphatic carbocycles. The van der Waals surface area contributed by atoms with Gasteiger partial charge in [0, 0.05) is 0 Å². The molecule has 0 bridgehead atoms. The van der Waals surface area contributed by atoms with Crippen LogP contribution in [-0.4, -0.2) is 5.54 Å². The number of rotatable bonds is 2. The van der Waals surface area contributed by atoms with Crippen LogP contribution in [0.15, 0.2) is 48.5 Å². The smallest absolute Gasteiger partial charge is 0.143 e. The third-order valence-electron chi connectivity index (χ3n) is 4.14. The van der Waals surface area contributed by atoms with Gasteiger partial charge in [0.05, 0.1) is 0 Å². The molecule has 0 spiro atoms. The highest BCUT2D eigenvalue weighted by Crippen LogP contribution is 2.22. The van der Waals surface area contributed by atoms with Gasteiger partial charge in [-0.15, -0.1) is 15.8 Å². The maximum Gasteiger partial charge on any atom is 0.287 e. The molecular weight excluding hydrogens is 331 g/mol. The predicted molar refractivity (Wildman–Crippen MR) is 104 cm³/mol. The number of halogens is 1. The lowest BCUT2D eigenvalue weighted by Crippen LogP contribution is -2.36. The van der Waals surface area contributed by atoms with Gasteiger partial charge in [0.1, 0.15) is 0 Å². The van der Waals surface area contributed by atoms with Crippen LogP contribution in [0.1, 0.15) is 52.7 Å². The molecule has 0 atom stereocenters. The molecule has 0 heterocycles. The SMILES string of the molecule is CC(C)(C)c1ccc(B(Br)c2ccc(C(C)(C)C)cc2)cc1. The van der Waals surface area contributed by atoms with Crippen molar-refractivity contribution in [2.24, 2.45) is 0 Å². The predicted octanol–water partition coefficient (Wildman–Crippen LogP) is 4.78. The van der Waals surface area contributed by atoms with Crippen LogP contribution in [0.5, 0.6) is 0 Å². The molecule has 0 amide bonds. The van der Waals surface area contributed by atoms with Gasteiger partial charge >= 0.3 is 0 Å². The van der Waals surface area contributed by atoms with E-state index in [2.05, 4.69) is 106 Å². The summed E-state index contributed by atoms with van der Waals surface area (Å²) in [5.74, 6) is 0. The topological polar surface area (TPSA) is 0 Å². The average molecular weight is 357 g/mol. The van der Waals surface area contributed by atoms with Gasteiger partial charge in [-0.1, -0.05) is 101 Å².